The average Bonchev–Trinajstić information content (AvgIpc) is 3.25. The van der Waals surface area contributed by atoms with E-state index >= 15 is 0 Å². The number of halogens is 1. The van der Waals surface area contributed by atoms with Gasteiger partial charge in [-0.15, -0.1) is 0 Å². The number of amides is 1. The van der Waals surface area contributed by atoms with Crippen LogP contribution in [-0.4, -0.2) is 22.0 Å². The fourth-order valence-corrected chi connectivity index (χ4v) is 4.74. The van der Waals surface area contributed by atoms with Crippen LogP contribution in [0.1, 0.15) is 48.7 Å². The first kappa shape index (κ1) is 27.2. The van der Waals surface area contributed by atoms with Crippen LogP contribution in [0, 0.1) is 17.1 Å². The SMILES string of the molecule is CC(C)c1c(C(=O)Nc2ccccc2)c(-c2ccccc2)c(-c2ccc(F)cc2)n1CC(=O)CC(=O)CC#N. The Morgan fingerprint density at radius 3 is 2.08 bits per heavy atom. The van der Waals surface area contributed by atoms with Crippen molar-refractivity contribution in [3.63, 3.8) is 0 Å². The number of anilines is 1. The molecule has 6 nitrogen and oxygen atoms in total. The van der Waals surface area contributed by atoms with Crippen molar-refractivity contribution in [1.82, 2.24) is 4.57 Å². The van der Waals surface area contributed by atoms with Gasteiger partial charge < -0.3 is 9.88 Å². The lowest BCUT2D eigenvalue weighted by Gasteiger charge is -2.16. The van der Waals surface area contributed by atoms with Crippen molar-refractivity contribution in [3.8, 4) is 28.5 Å². The lowest BCUT2D eigenvalue weighted by molar-refractivity contribution is -0.126. The van der Waals surface area contributed by atoms with Crippen molar-refractivity contribution in [2.45, 2.75) is 39.2 Å². The fraction of sp³-hybridized carbons (Fsp3) is 0.188. The molecule has 1 amide bonds. The van der Waals surface area contributed by atoms with Gasteiger partial charge in [0.25, 0.3) is 5.91 Å². The maximum absolute atomic E-state index is 14.0. The smallest absolute Gasteiger partial charge is 0.258 e. The van der Waals surface area contributed by atoms with Crippen LogP contribution in [0.4, 0.5) is 10.1 Å². The molecule has 3 aromatic carbocycles. The second-order valence-corrected chi connectivity index (χ2v) is 9.51. The number of benzene rings is 3. The van der Waals surface area contributed by atoms with Crippen LogP contribution in [0.2, 0.25) is 0 Å². The van der Waals surface area contributed by atoms with Gasteiger partial charge in [0.1, 0.15) is 5.82 Å². The Labute approximate surface area is 226 Å². The molecule has 39 heavy (non-hydrogen) atoms. The molecule has 0 unspecified atom stereocenters. The summed E-state index contributed by atoms with van der Waals surface area (Å²) in [5.41, 5.74) is 4.18. The highest BCUT2D eigenvalue weighted by atomic mass is 19.1. The van der Waals surface area contributed by atoms with E-state index in [4.69, 9.17) is 5.26 Å². The van der Waals surface area contributed by atoms with Gasteiger partial charge in [0.15, 0.2) is 11.6 Å². The highest BCUT2D eigenvalue weighted by molar-refractivity contribution is 6.13. The number of ketones is 2. The minimum Gasteiger partial charge on any atom is -0.336 e. The van der Waals surface area contributed by atoms with E-state index in [1.807, 2.05) is 62.4 Å². The van der Waals surface area contributed by atoms with Gasteiger partial charge in [0, 0.05) is 16.9 Å². The lowest BCUT2D eigenvalue weighted by atomic mass is 9.94. The summed E-state index contributed by atoms with van der Waals surface area (Å²) in [7, 11) is 0. The number of carbonyl (C=O) groups excluding carboxylic acids is 3. The van der Waals surface area contributed by atoms with Crippen molar-refractivity contribution in [1.29, 1.82) is 5.26 Å². The van der Waals surface area contributed by atoms with Gasteiger partial charge in [-0.1, -0.05) is 62.4 Å². The molecule has 1 N–H and O–H groups in total. The van der Waals surface area contributed by atoms with E-state index < -0.39 is 18.0 Å². The van der Waals surface area contributed by atoms with Crippen LogP contribution < -0.4 is 5.32 Å². The maximum atomic E-state index is 14.0. The fourth-order valence-electron chi connectivity index (χ4n) is 4.74. The standard InChI is InChI=1S/C32H28FN3O3/c1-21(2)30-29(32(39)35-25-11-7-4-8-12-25)28(22-9-5-3-6-10-22)31(23-13-15-24(33)16-14-23)36(30)20-27(38)19-26(37)17-18-34/h3-16,21H,17,19-20H2,1-2H3,(H,35,39). The zero-order chi connectivity index (χ0) is 27.9. The van der Waals surface area contributed by atoms with Crippen molar-refractivity contribution in [2.75, 3.05) is 5.32 Å². The third-order valence-corrected chi connectivity index (χ3v) is 6.29. The summed E-state index contributed by atoms with van der Waals surface area (Å²) >= 11 is 0. The van der Waals surface area contributed by atoms with Gasteiger partial charge in [-0.2, -0.15) is 5.26 Å². The normalized spacial score (nSPS) is 10.7. The van der Waals surface area contributed by atoms with E-state index in [2.05, 4.69) is 5.32 Å². The second kappa shape index (κ2) is 12.1. The number of Topliss-reactive ketones (excluding diaryl/α,β-unsaturated/α-hetero) is 2. The lowest BCUT2D eigenvalue weighted by Crippen LogP contribution is -2.19. The van der Waals surface area contributed by atoms with Gasteiger partial charge in [-0.25, -0.2) is 4.39 Å². The van der Waals surface area contributed by atoms with Crippen LogP contribution in [-0.2, 0) is 16.1 Å². The van der Waals surface area contributed by atoms with Crippen molar-refractivity contribution < 1.29 is 18.8 Å². The Balaban J connectivity index is 2.00. The average molecular weight is 522 g/mol. The summed E-state index contributed by atoms with van der Waals surface area (Å²) in [6.45, 7) is 3.68. The summed E-state index contributed by atoms with van der Waals surface area (Å²) < 4.78 is 15.7. The summed E-state index contributed by atoms with van der Waals surface area (Å²) in [6.07, 6.45) is -0.738. The molecule has 0 aliphatic carbocycles. The van der Waals surface area contributed by atoms with E-state index in [-0.39, 0.29) is 30.6 Å². The zero-order valence-electron chi connectivity index (χ0n) is 21.8. The quantitative estimate of drug-likeness (QED) is 0.233. The molecule has 0 bridgehead atoms. The molecule has 4 aromatic rings. The number of nitrogens with one attached hydrogen (secondary N) is 1. The highest BCUT2D eigenvalue weighted by Gasteiger charge is 2.31. The molecule has 0 aliphatic rings. The molecule has 4 rings (SSSR count). The first-order valence-corrected chi connectivity index (χ1v) is 12.6. The number of carbonyl (C=O) groups is 3. The van der Waals surface area contributed by atoms with Gasteiger partial charge in [0.05, 0.1) is 36.7 Å². The summed E-state index contributed by atoms with van der Waals surface area (Å²) in [4.78, 5) is 39.2. The Hall–Kier alpha value is -4.83. The van der Waals surface area contributed by atoms with Crippen LogP contribution >= 0.6 is 0 Å². The highest BCUT2D eigenvalue weighted by Crippen LogP contribution is 2.42. The number of hydrogen-bond acceptors (Lipinski definition) is 4. The third kappa shape index (κ3) is 6.19. The van der Waals surface area contributed by atoms with E-state index in [1.165, 1.54) is 12.1 Å². The number of hydrogen-bond donors (Lipinski definition) is 1. The molecule has 0 fully saturated rings. The van der Waals surface area contributed by atoms with E-state index in [9.17, 15) is 18.8 Å². The topological polar surface area (TPSA) is 92.0 Å². The molecule has 1 heterocycles. The second-order valence-electron chi connectivity index (χ2n) is 9.51. The molecule has 196 valence electrons. The Morgan fingerprint density at radius 2 is 1.49 bits per heavy atom. The maximum Gasteiger partial charge on any atom is 0.258 e. The molecular weight excluding hydrogens is 493 g/mol. The predicted molar refractivity (Wildman–Crippen MR) is 149 cm³/mol. The Kier molecular flexibility index (Phi) is 8.47. The van der Waals surface area contributed by atoms with E-state index in [0.717, 1.165) is 5.56 Å². The van der Waals surface area contributed by atoms with Crippen LogP contribution in [0.15, 0.2) is 84.9 Å². The van der Waals surface area contributed by atoms with Crippen molar-refractivity contribution in [3.05, 3.63) is 102 Å². The number of nitrogens with zero attached hydrogens (tertiary/aromatic N) is 2. The molecular formula is C32H28FN3O3. The zero-order valence-corrected chi connectivity index (χ0v) is 21.8. The minimum absolute atomic E-state index is 0.185. The van der Waals surface area contributed by atoms with Gasteiger partial charge >= 0.3 is 0 Å². The number of aromatic nitrogens is 1. The number of rotatable bonds is 10. The molecule has 0 saturated heterocycles. The molecule has 0 spiro atoms. The summed E-state index contributed by atoms with van der Waals surface area (Å²) in [6, 6.07) is 26.1. The number of nitriles is 1. The van der Waals surface area contributed by atoms with Crippen molar-refractivity contribution >= 4 is 23.2 Å². The first-order valence-electron chi connectivity index (χ1n) is 12.6. The molecule has 7 heteroatoms. The van der Waals surface area contributed by atoms with Crippen molar-refractivity contribution in [2.24, 2.45) is 0 Å². The molecule has 1 aromatic heterocycles. The third-order valence-electron chi connectivity index (χ3n) is 6.29. The van der Waals surface area contributed by atoms with Crippen LogP contribution in [0.5, 0.6) is 0 Å². The van der Waals surface area contributed by atoms with E-state index in [1.54, 1.807) is 34.9 Å². The van der Waals surface area contributed by atoms with Gasteiger partial charge in [-0.05, 0) is 53.4 Å². The molecule has 0 saturated carbocycles. The molecule has 0 atom stereocenters. The summed E-state index contributed by atoms with van der Waals surface area (Å²) in [5, 5.41) is 11.8. The Bertz CT molecular complexity index is 1530. The minimum atomic E-state index is -0.464. The van der Waals surface area contributed by atoms with Gasteiger partial charge in [-0.3, -0.25) is 14.4 Å². The molecule has 0 radical (unpaired) electrons. The predicted octanol–water partition coefficient (Wildman–Crippen LogP) is 6.78. The van der Waals surface area contributed by atoms with Gasteiger partial charge in [0.2, 0.25) is 0 Å². The van der Waals surface area contributed by atoms with E-state index in [0.29, 0.717) is 33.8 Å². The largest absolute Gasteiger partial charge is 0.336 e. The van der Waals surface area contributed by atoms with Crippen LogP contribution in [0.25, 0.3) is 22.4 Å². The first-order chi connectivity index (χ1) is 18.8. The molecule has 0 aliphatic heterocycles. The Morgan fingerprint density at radius 1 is 0.872 bits per heavy atom. The monoisotopic (exact) mass is 521 g/mol. The summed E-state index contributed by atoms with van der Waals surface area (Å²) in [5.74, 6) is -1.80. The van der Waals surface area contributed by atoms with Crippen LogP contribution in [0.3, 0.4) is 0 Å². The number of para-hydroxylation sites is 1.